The van der Waals surface area contributed by atoms with Crippen molar-refractivity contribution in [3.05, 3.63) is 0 Å². The van der Waals surface area contributed by atoms with E-state index in [0.717, 1.165) is 30.2 Å². The predicted molar refractivity (Wildman–Crippen MR) is 80.0 cm³/mol. The summed E-state index contributed by atoms with van der Waals surface area (Å²) in [6, 6.07) is 1.73. The highest BCUT2D eigenvalue weighted by Crippen LogP contribution is 2.44. The Morgan fingerprint density at radius 2 is 1.89 bits per heavy atom. The second-order valence-corrected chi connectivity index (χ2v) is 7.44. The fraction of sp³-hybridized carbons (Fsp3) is 1.00. The smallest absolute Gasteiger partial charge is 0.0406 e. The van der Waals surface area contributed by atoms with Gasteiger partial charge in [0, 0.05) is 31.2 Å². The number of fused-ring (bicyclic) bond motifs is 2. The summed E-state index contributed by atoms with van der Waals surface area (Å²) in [7, 11) is 0. The lowest BCUT2D eigenvalue weighted by atomic mass is 9.73. The van der Waals surface area contributed by atoms with E-state index in [2.05, 4.69) is 30.6 Å². The molecule has 4 aliphatic heterocycles. The van der Waals surface area contributed by atoms with Gasteiger partial charge in [0.25, 0.3) is 0 Å². The van der Waals surface area contributed by atoms with Crippen LogP contribution < -0.4 is 5.73 Å². The van der Waals surface area contributed by atoms with Crippen LogP contribution in [0.5, 0.6) is 0 Å². The monoisotopic (exact) mass is 265 g/mol. The number of piperidine rings is 3. The van der Waals surface area contributed by atoms with Crippen molar-refractivity contribution in [2.45, 2.75) is 58.2 Å². The van der Waals surface area contributed by atoms with Gasteiger partial charge in [-0.25, -0.2) is 0 Å². The molecule has 4 saturated heterocycles. The Labute approximate surface area is 118 Å². The molecule has 4 rings (SSSR count). The molecule has 2 N–H and O–H groups in total. The third-order valence-corrected chi connectivity index (χ3v) is 5.77. The molecule has 4 fully saturated rings. The van der Waals surface area contributed by atoms with Crippen molar-refractivity contribution in [3.8, 4) is 0 Å². The summed E-state index contributed by atoms with van der Waals surface area (Å²) in [5.74, 6) is 2.64. The Hall–Kier alpha value is -0.120. The number of nitrogens with zero attached hydrogens (tertiary/aromatic N) is 2. The van der Waals surface area contributed by atoms with Gasteiger partial charge in [0.05, 0.1) is 0 Å². The minimum atomic E-state index is 0.355. The molecule has 0 radical (unpaired) electrons. The summed E-state index contributed by atoms with van der Waals surface area (Å²) in [6.45, 7) is 12.1. The van der Waals surface area contributed by atoms with Crippen LogP contribution in [0.25, 0.3) is 0 Å². The molecule has 4 unspecified atom stereocenters. The van der Waals surface area contributed by atoms with Gasteiger partial charge in [-0.15, -0.1) is 0 Å². The van der Waals surface area contributed by atoms with Gasteiger partial charge in [0.1, 0.15) is 0 Å². The molecule has 3 heteroatoms. The summed E-state index contributed by atoms with van der Waals surface area (Å²) < 4.78 is 0. The van der Waals surface area contributed by atoms with Crippen molar-refractivity contribution in [1.29, 1.82) is 0 Å². The van der Waals surface area contributed by atoms with Crippen LogP contribution in [-0.2, 0) is 0 Å². The standard InChI is InChI=1S/C16H31N3/c1-4-14(17)16-15-13(10-19(16)9-11(2)3)12-5-7-18(15)8-6-12/h11-16H,4-10,17H2,1-3H3. The maximum Gasteiger partial charge on any atom is 0.0406 e. The number of nitrogens with two attached hydrogens (primary N) is 1. The molecule has 4 heterocycles. The number of rotatable bonds is 4. The second kappa shape index (κ2) is 5.34. The van der Waals surface area contributed by atoms with E-state index in [-0.39, 0.29) is 0 Å². The quantitative estimate of drug-likeness (QED) is 0.841. The highest BCUT2D eigenvalue weighted by atomic mass is 15.3. The largest absolute Gasteiger partial charge is 0.326 e. The minimum Gasteiger partial charge on any atom is -0.326 e. The first-order valence-electron chi connectivity index (χ1n) is 8.35. The first-order chi connectivity index (χ1) is 9.11. The summed E-state index contributed by atoms with van der Waals surface area (Å²) in [6.07, 6.45) is 3.98. The Bertz CT molecular complexity index is 309. The fourth-order valence-electron chi connectivity index (χ4n) is 4.96. The van der Waals surface area contributed by atoms with Crippen molar-refractivity contribution < 1.29 is 0 Å². The molecule has 0 aromatic rings. The predicted octanol–water partition coefficient (Wildman–Crippen LogP) is 1.77. The molecule has 110 valence electrons. The van der Waals surface area contributed by atoms with Crippen molar-refractivity contribution in [3.63, 3.8) is 0 Å². The third-order valence-electron chi connectivity index (χ3n) is 5.77. The molecule has 0 saturated carbocycles. The first kappa shape index (κ1) is 13.8. The van der Waals surface area contributed by atoms with E-state index < -0.39 is 0 Å². The normalized spacial score (nSPS) is 43.7. The lowest BCUT2D eigenvalue weighted by Gasteiger charge is -2.50. The van der Waals surface area contributed by atoms with E-state index >= 15 is 0 Å². The highest BCUT2D eigenvalue weighted by Gasteiger charge is 2.53. The van der Waals surface area contributed by atoms with Crippen molar-refractivity contribution in [2.24, 2.45) is 23.5 Å². The first-order valence-corrected chi connectivity index (χ1v) is 8.35. The molecule has 2 bridgehead atoms. The average Bonchev–Trinajstić information content (AvgIpc) is 2.79. The average molecular weight is 265 g/mol. The van der Waals surface area contributed by atoms with Crippen LogP contribution in [0, 0.1) is 17.8 Å². The second-order valence-electron chi connectivity index (χ2n) is 7.44. The van der Waals surface area contributed by atoms with Gasteiger partial charge < -0.3 is 5.73 Å². The maximum absolute atomic E-state index is 6.51. The SMILES string of the molecule is CCC(N)C1C2C(CN1CC(C)C)C1CCN2CC1. The van der Waals surface area contributed by atoms with Gasteiger partial charge in [0.2, 0.25) is 0 Å². The molecule has 3 nitrogen and oxygen atoms in total. The zero-order valence-electron chi connectivity index (χ0n) is 12.9. The van der Waals surface area contributed by atoms with Gasteiger partial charge in [-0.1, -0.05) is 20.8 Å². The van der Waals surface area contributed by atoms with E-state index in [1.807, 2.05) is 0 Å². The summed E-state index contributed by atoms with van der Waals surface area (Å²) >= 11 is 0. The Kier molecular flexibility index (Phi) is 3.89. The molecule has 4 atom stereocenters. The van der Waals surface area contributed by atoms with Gasteiger partial charge in [-0.3, -0.25) is 9.80 Å². The zero-order chi connectivity index (χ0) is 13.6. The van der Waals surface area contributed by atoms with E-state index in [9.17, 15) is 0 Å². The van der Waals surface area contributed by atoms with Crippen LogP contribution in [0.1, 0.15) is 40.0 Å². The molecule has 0 aliphatic carbocycles. The fourth-order valence-corrected chi connectivity index (χ4v) is 4.96. The topological polar surface area (TPSA) is 32.5 Å². The molecular weight excluding hydrogens is 234 g/mol. The van der Waals surface area contributed by atoms with Crippen LogP contribution in [0.4, 0.5) is 0 Å². The van der Waals surface area contributed by atoms with Crippen molar-refractivity contribution in [1.82, 2.24) is 9.80 Å². The Morgan fingerprint density at radius 3 is 2.47 bits per heavy atom. The van der Waals surface area contributed by atoms with E-state index in [4.69, 9.17) is 5.73 Å². The maximum atomic E-state index is 6.51. The number of hydrogen-bond acceptors (Lipinski definition) is 3. The lowest BCUT2D eigenvalue weighted by molar-refractivity contribution is -0.000827. The highest BCUT2D eigenvalue weighted by molar-refractivity contribution is 5.09. The molecule has 0 spiro atoms. The van der Waals surface area contributed by atoms with Crippen molar-refractivity contribution in [2.75, 3.05) is 26.2 Å². The number of hydrogen-bond donors (Lipinski definition) is 1. The number of likely N-dealkylation sites (tertiary alicyclic amines) is 1. The van der Waals surface area contributed by atoms with Crippen LogP contribution in [0.2, 0.25) is 0 Å². The van der Waals surface area contributed by atoms with Gasteiger partial charge in [-0.2, -0.15) is 0 Å². The molecular formula is C16H31N3. The van der Waals surface area contributed by atoms with Crippen LogP contribution in [-0.4, -0.2) is 54.1 Å². The Balaban J connectivity index is 1.83. The molecule has 4 aliphatic rings. The zero-order valence-corrected chi connectivity index (χ0v) is 12.9. The molecule has 0 aromatic heterocycles. The van der Waals surface area contributed by atoms with E-state index in [1.165, 1.54) is 39.0 Å². The van der Waals surface area contributed by atoms with E-state index in [1.54, 1.807) is 0 Å². The lowest BCUT2D eigenvalue weighted by Crippen LogP contribution is -2.61. The molecule has 0 aromatic carbocycles. The Morgan fingerprint density at radius 1 is 1.21 bits per heavy atom. The summed E-state index contributed by atoms with van der Waals surface area (Å²) in [4.78, 5) is 5.51. The van der Waals surface area contributed by atoms with Crippen molar-refractivity contribution >= 4 is 0 Å². The minimum absolute atomic E-state index is 0.355. The summed E-state index contributed by atoms with van der Waals surface area (Å²) in [5.41, 5.74) is 6.51. The van der Waals surface area contributed by atoms with Gasteiger partial charge >= 0.3 is 0 Å². The molecule has 19 heavy (non-hydrogen) atoms. The third kappa shape index (κ3) is 2.34. The van der Waals surface area contributed by atoms with Gasteiger partial charge in [-0.05, 0) is 50.1 Å². The van der Waals surface area contributed by atoms with Crippen LogP contribution >= 0.6 is 0 Å². The summed E-state index contributed by atoms with van der Waals surface area (Å²) in [5, 5.41) is 0. The van der Waals surface area contributed by atoms with Crippen LogP contribution in [0.3, 0.4) is 0 Å². The van der Waals surface area contributed by atoms with Gasteiger partial charge in [0.15, 0.2) is 0 Å². The van der Waals surface area contributed by atoms with E-state index in [0.29, 0.717) is 12.1 Å². The molecule has 0 amide bonds. The van der Waals surface area contributed by atoms with Crippen LogP contribution in [0.15, 0.2) is 0 Å².